The van der Waals surface area contributed by atoms with Crippen molar-refractivity contribution in [3.8, 4) is 0 Å². The molecule has 0 amide bonds. The summed E-state index contributed by atoms with van der Waals surface area (Å²) in [5, 5.41) is 11.9. The van der Waals surface area contributed by atoms with Gasteiger partial charge >= 0.3 is 5.97 Å². The van der Waals surface area contributed by atoms with Crippen molar-refractivity contribution in [1.29, 1.82) is 0 Å². The molecule has 5 nitrogen and oxygen atoms in total. The summed E-state index contributed by atoms with van der Waals surface area (Å²) < 4.78 is 9.98. The minimum Gasteiger partial charge on any atom is -0.476 e. The predicted octanol–water partition coefficient (Wildman–Crippen LogP) is 1.69. The molecule has 0 radical (unpaired) electrons. The van der Waals surface area contributed by atoms with Crippen molar-refractivity contribution in [3.05, 3.63) is 17.5 Å². The van der Waals surface area contributed by atoms with Crippen LogP contribution in [0, 0.1) is 0 Å². The number of carbonyl (C=O) groups is 1. The van der Waals surface area contributed by atoms with E-state index in [9.17, 15) is 4.79 Å². The first-order valence-corrected chi connectivity index (χ1v) is 4.50. The molecule has 1 rings (SSSR count). The third-order valence-corrected chi connectivity index (χ3v) is 1.66. The van der Waals surface area contributed by atoms with Gasteiger partial charge in [-0.2, -0.15) is 0 Å². The molecule has 1 N–H and O–H groups in total. The molecule has 78 valence electrons. The highest BCUT2D eigenvalue weighted by Crippen LogP contribution is 2.05. The first-order valence-electron chi connectivity index (χ1n) is 4.50. The van der Waals surface area contributed by atoms with E-state index in [0.717, 1.165) is 12.8 Å². The lowest BCUT2D eigenvalue weighted by Gasteiger charge is -1.97. The Balaban J connectivity index is 2.33. The van der Waals surface area contributed by atoms with E-state index < -0.39 is 5.97 Å². The number of hydrogen-bond acceptors (Lipinski definition) is 4. The molecule has 14 heavy (non-hydrogen) atoms. The molecule has 0 aliphatic carbocycles. The fourth-order valence-corrected chi connectivity index (χ4v) is 0.901. The van der Waals surface area contributed by atoms with Crippen molar-refractivity contribution in [1.82, 2.24) is 5.16 Å². The summed E-state index contributed by atoms with van der Waals surface area (Å²) >= 11 is 0. The largest absolute Gasteiger partial charge is 0.476 e. The van der Waals surface area contributed by atoms with Crippen molar-refractivity contribution in [2.45, 2.75) is 26.4 Å². The molecule has 0 atom stereocenters. The topological polar surface area (TPSA) is 72.6 Å². The van der Waals surface area contributed by atoms with Crippen molar-refractivity contribution in [2.75, 3.05) is 6.61 Å². The number of carboxylic acids is 1. The first kappa shape index (κ1) is 10.7. The van der Waals surface area contributed by atoms with Crippen molar-refractivity contribution >= 4 is 5.97 Å². The summed E-state index contributed by atoms with van der Waals surface area (Å²) in [7, 11) is 0. The zero-order valence-corrected chi connectivity index (χ0v) is 8.02. The van der Waals surface area contributed by atoms with Crippen LogP contribution in [-0.2, 0) is 11.3 Å². The van der Waals surface area contributed by atoms with Gasteiger partial charge in [-0.15, -0.1) is 0 Å². The lowest BCUT2D eigenvalue weighted by Crippen LogP contribution is -1.95. The van der Waals surface area contributed by atoms with Crippen LogP contribution in [0.5, 0.6) is 0 Å². The van der Waals surface area contributed by atoms with Crippen LogP contribution in [0.15, 0.2) is 10.6 Å². The third-order valence-electron chi connectivity index (χ3n) is 1.66. The van der Waals surface area contributed by atoms with Crippen LogP contribution >= 0.6 is 0 Å². The number of rotatable bonds is 6. The molecule has 0 bridgehead atoms. The van der Waals surface area contributed by atoms with Gasteiger partial charge in [0.2, 0.25) is 0 Å². The molecule has 0 saturated heterocycles. The van der Waals surface area contributed by atoms with Crippen molar-refractivity contribution < 1.29 is 19.2 Å². The normalized spacial score (nSPS) is 10.4. The molecular weight excluding hydrogens is 186 g/mol. The maximum Gasteiger partial charge on any atom is 0.358 e. The Morgan fingerprint density at radius 3 is 3.07 bits per heavy atom. The average molecular weight is 199 g/mol. The van der Waals surface area contributed by atoms with E-state index >= 15 is 0 Å². The Bertz CT molecular complexity index is 295. The summed E-state index contributed by atoms with van der Waals surface area (Å²) in [6.45, 7) is 3.00. The highest BCUT2D eigenvalue weighted by atomic mass is 16.5. The van der Waals surface area contributed by atoms with Gasteiger partial charge in [0.05, 0.1) is 0 Å². The van der Waals surface area contributed by atoms with Crippen LogP contribution in [-0.4, -0.2) is 22.8 Å². The van der Waals surface area contributed by atoms with Crippen LogP contribution in [0.2, 0.25) is 0 Å². The highest BCUT2D eigenvalue weighted by molar-refractivity contribution is 5.85. The maximum atomic E-state index is 10.4. The van der Waals surface area contributed by atoms with Crippen LogP contribution in [0.1, 0.15) is 36.0 Å². The zero-order valence-electron chi connectivity index (χ0n) is 8.02. The van der Waals surface area contributed by atoms with Crippen LogP contribution < -0.4 is 0 Å². The number of unbranched alkanes of at least 4 members (excludes halogenated alkanes) is 1. The van der Waals surface area contributed by atoms with Gasteiger partial charge in [0, 0.05) is 12.7 Å². The minimum absolute atomic E-state index is 0.0842. The zero-order chi connectivity index (χ0) is 10.4. The number of aromatic carboxylic acids is 1. The molecule has 1 aromatic heterocycles. The second kappa shape index (κ2) is 5.39. The van der Waals surface area contributed by atoms with Gasteiger partial charge in [-0.25, -0.2) is 4.79 Å². The Morgan fingerprint density at radius 1 is 1.71 bits per heavy atom. The molecule has 0 aromatic carbocycles. The number of carboxylic acid groups (broad SMARTS) is 1. The van der Waals surface area contributed by atoms with Gasteiger partial charge in [0.15, 0.2) is 11.5 Å². The predicted molar refractivity (Wildman–Crippen MR) is 48.0 cm³/mol. The molecule has 0 unspecified atom stereocenters. The fourth-order valence-electron chi connectivity index (χ4n) is 0.901. The summed E-state index contributed by atoms with van der Waals surface area (Å²) in [5.41, 5.74) is -0.0842. The molecule has 0 aliphatic heterocycles. The summed E-state index contributed by atoms with van der Waals surface area (Å²) in [6, 6.07) is 1.37. The Morgan fingerprint density at radius 2 is 2.50 bits per heavy atom. The molecular formula is C9H13NO4. The Labute approximate surface area is 81.7 Å². The number of nitrogens with zero attached hydrogens (tertiary/aromatic N) is 1. The number of ether oxygens (including phenoxy) is 1. The van der Waals surface area contributed by atoms with Crippen LogP contribution in [0.25, 0.3) is 0 Å². The SMILES string of the molecule is CCCCOCc1cc(C(=O)O)no1. The second-order valence-corrected chi connectivity index (χ2v) is 2.89. The molecule has 0 saturated carbocycles. The molecule has 1 aromatic rings. The summed E-state index contributed by atoms with van der Waals surface area (Å²) in [6.07, 6.45) is 2.05. The first-order chi connectivity index (χ1) is 6.74. The van der Waals surface area contributed by atoms with Crippen LogP contribution in [0.3, 0.4) is 0 Å². The standard InChI is InChI=1S/C9H13NO4/c1-2-3-4-13-6-7-5-8(9(11)12)10-14-7/h5H,2-4,6H2,1H3,(H,11,12). The van der Waals surface area contributed by atoms with Crippen molar-refractivity contribution in [2.24, 2.45) is 0 Å². The smallest absolute Gasteiger partial charge is 0.358 e. The minimum atomic E-state index is -1.09. The molecule has 5 heteroatoms. The monoisotopic (exact) mass is 199 g/mol. The van der Waals surface area contributed by atoms with E-state index in [1.807, 2.05) is 0 Å². The Kier molecular flexibility index (Phi) is 4.12. The highest BCUT2D eigenvalue weighted by Gasteiger charge is 2.09. The van der Waals surface area contributed by atoms with Gasteiger partial charge in [-0.1, -0.05) is 18.5 Å². The third kappa shape index (κ3) is 3.18. The lowest BCUT2D eigenvalue weighted by atomic mass is 10.3. The van der Waals surface area contributed by atoms with Gasteiger partial charge in [0.25, 0.3) is 0 Å². The number of aromatic nitrogens is 1. The quantitative estimate of drug-likeness (QED) is 0.706. The molecule has 0 fully saturated rings. The van der Waals surface area contributed by atoms with E-state index in [0.29, 0.717) is 12.4 Å². The summed E-state index contributed by atoms with van der Waals surface area (Å²) in [5.74, 6) is -0.646. The van der Waals surface area contributed by atoms with E-state index in [1.54, 1.807) is 0 Å². The number of hydrogen-bond donors (Lipinski definition) is 1. The van der Waals surface area contributed by atoms with Gasteiger partial charge < -0.3 is 14.4 Å². The molecule has 0 aliphatic rings. The van der Waals surface area contributed by atoms with Gasteiger partial charge in [-0.3, -0.25) is 0 Å². The second-order valence-electron chi connectivity index (χ2n) is 2.89. The van der Waals surface area contributed by atoms with E-state index in [4.69, 9.17) is 14.4 Å². The van der Waals surface area contributed by atoms with E-state index in [-0.39, 0.29) is 12.3 Å². The Hall–Kier alpha value is -1.36. The van der Waals surface area contributed by atoms with Gasteiger partial charge in [0.1, 0.15) is 6.61 Å². The molecule has 1 heterocycles. The van der Waals surface area contributed by atoms with Crippen LogP contribution in [0.4, 0.5) is 0 Å². The fraction of sp³-hybridized carbons (Fsp3) is 0.556. The summed E-state index contributed by atoms with van der Waals surface area (Å²) in [4.78, 5) is 10.4. The average Bonchev–Trinajstić information content (AvgIpc) is 2.61. The lowest BCUT2D eigenvalue weighted by molar-refractivity contribution is 0.0684. The van der Waals surface area contributed by atoms with E-state index in [2.05, 4.69) is 12.1 Å². The molecule has 0 spiro atoms. The van der Waals surface area contributed by atoms with Crippen molar-refractivity contribution in [3.63, 3.8) is 0 Å². The van der Waals surface area contributed by atoms with E-state index in [1.165, 1.54) is 6.07 Å². The maximum absolute atomic E-state index is 10.4. The van der Waals surface area contributed by atoms with Gasteiger partial charge in [-0.05, 0) is 6.42 Å².